The SMILES string of the molecule is NCCC1CCN(CC2CCC3(CCCC3)O2)C1. The van der Waals surface area contributed by atoms with Gasteiger partial charge in [-0.05, 0) is 57.5 Å². The van der Waals surface area contributed by atoms with Crippen molar-refractivity contribution in [1.29, 1.82) is 0 Å². The van der Waals surface area contributed by atoms with Gasteiger partial charge in [0.15, 0.2) is 0 Å². The van der Waals surface area contributed by atoms with Crippen LogP contribution in [0.1, 0.15) is 51.4 Å². The second-order valence-electron chi connectivity index (χ2n) is 6.66. The molecule has 0 aromatic rings. The fraction of sp³-hybridized carbons (Fsp3) is 1.00. The predicted octanol–water partition coefficient (Wildman–Crippen LogP) is 2.15. The summed E-state index contributed by atoms with van der Waals surface area (Å²) in [5.41, 5.74) is 5.96. The molecule has 2 unspecified atom stereocenters. The quantitative estimate of drug-likeness (QED) is 0.833. The Kier molecular flexibility index (Phi) is 3.92. The van der Waals surface area contributed by atoms with Crippen LogP contribution in [0.15, 0.2) is 0 Å². The maximum atomic E-state index is 6.40. The average Bonchev–Trinajstić information content (AvgIpc) is 3.06. The molecule has 104 valence electrons. The van der Waals surface area contributed by atoms with E-state index in [9.17, 15) is 0 Å². The molecule has 3 rings (SSSR count). The molecule has 0 bridgehead atoms. The van der Waals surface area contributed by atoms with Crippen LogP contribution in [-0.4, -0.2) is 42.8 Å². The highest BCUT2D eigenvalue weighted by Gasteiger charge is 2.42. The van der Waals surface area contributed by atoms with Crippen molar-refractivity contribution in [2.45, 2.75) is 63.1 Å². The van der Waals surface area contributed by atoms with Gasteiger partial charge in [-0.3, -0.25) is 0 Å². The zero-order chi connectivity index (χ0) is 12.4. The van der Waals surface area contributed by atoms with Crippen LogP contribution in [-0.2, 0) is 4.74 Å². The van der Waals surface area contributed by atoms with Gasteiger partial charge in [-0.2, -0.15) is 0 Å². The summed E-state index contributed by atoms with van der Waals surface area (Å²) < 4.78 is 6.40. The van der Waals surface area contributed by atoms with Gasteiger partial charge in [-0.25, -0.2) is 0 Å². The maximum Gasteiger partial charge on any atom is 0.0710 e. The Morgan fingerprint density at radius 3 is 2.78 bits per heavy atom. The minimum Gasteiger partial charge on any atom is -0.370 e. The Morgan fingerprint density at radius 1 is 1.17 bits per heavy atom. The molecule has 1 saturated carbocycles. The molecule has 2 saturated heterocycles. The average molecular weight is 252 g/mol. The number of nitrogens with two attached hydrogens (primary N) is 1. The molecule has 18 heavy (non-hydrogen) atoms. The highest BCUT2D eigenvalue weighted by atomic mass is 16.5. The van der Waals surface area contributed by atoms with Gasteiger partial charge in [0.25, 0.3) is 0 Å². The van der Waals surface area contributed by atoms with Crippen LogP contribution < -0.4 is 5.73 Å². The minimum absolute atomic E-state index is 0.307. The first-order valence-corrected chi connectivity index (χ1v) is 7.90. The Bertz CT molecular complexity index is 276. The molecule has 3 aliphatic rings. The third-order valence-electron chi connectivity index (χ3n) is 5.26. The highest BCUT2D eigenvalue weighted by Crippen LogP contribution is 2.43. The predicted molar refractivity (Wildman–Crippen MR) is 73.5 cm³/mol. The molecule has 0 radical (unpaired) electrons. The van der Waals surface area contributed by atoms with Gasteiger partial charge in [0.2, 0.25) is 0 Å². The Balaban J connectivity index is 1.44. The summed E-state index contributed by atoms with van der Waals surface area (Å²) >= 11 is 0. The van der Waals surface area contributed by atoms with Crippen molar-refractivity contribution in [3.8, 4) is 0 Å². The summed E-state index contributed by atoms with van der Waals surface area (Å²) in [5.74, 6) is 0.844. The van der Waals surface area contributed by atoms with Gasteiger partial charge in [0.05, 0.1) is 11.7 Å². The third-order valence-corrected chi connectivity index (χ3v) is 5.26. The van der Waals surface area contributed by atoms with E-state index in [1.807, 2.05) is 0 Å². The van der Waals surface area contributed by atoms with E-state index in [1.54, 1.807) is 0 Å². The molecule has 0 aromatic carbocycles. The topological polar surface area (TPSA) is 38.5 Å². The molecule has 2 heterocycles. The van der Waals surface area contributed by atoms with Crippen molar-refractivity contribution in [2.24, 2.45) is 11.7 Å². The van der Waals surface area contributed by atoms with Crippen molar-refractivity contribution in [1.82, 2.24) is 4.90 Å². The largest absolute Gasteiger partial charge is 0.370 e. The molecule has 3 heteroatoms. The molecule has 3 nitrogen and oxygen atoms in total. The molecule has 2 aliphatic heterocycles. The van der Waals surface area contributed by atoms with E-state index in [1.165, 1.54) is 71.0 Å². The first kappa shape index (κ1) is 12.9. The summed E-state index contributed by atoms with van der Waals surface area (Å²) in [5, 5.41) is 0. The van der Waals surface area contributed by atoms with Crippen molar-refractivity contribution < 1.29 is 4.74 Å². The van der Waals surface area contributed by atoms with Gasteiger partial charge < -0.3 is 15.4 Å². The molecule has 1 spiro atoms. The monoisotopic (exact) mass is 252 g/mol. The van der Waals surface area contributed by atoms with Crippen LogP contribution in [0.4, 0.5) is 0 Å². The van der Waals surface area contributed by atoms with Gasteiger partial charge in [0, 0.05) is 13.1 Å². The highest BCUT2D eigenvalue weighted by molar-refractivity contribution is 4.94. The third kappa shape index (κ3) is 2.73. The second-order valence-corrected chi connectivity index (χ2v) is 6.66. The lowest BCUT2D eigenvalue weighted by Gasteiger charge is -2.26. The molecule has 2 atom stereocenters. The first-order chi connectivity index (χ1) is 8.80. The number of rotatable bonds is 4. The molecule has 1 aliphatic carbocycles. The number of hydrogen-bond donors (Lipinski definition) is 1. The number of hydrogen-bond acceptors (Lipinski definition) is 3. The van der Waals surface area contributed by atoms with Crippen LogP contribution in [0, 0.1) is 5.92 Å². The van der Waals surface area contributed by atoms with Gasteiger partial charge in [-0.15, -0.1) is 0 Å². The molecule has 0 amide bonds. The standard InChI is InChI=1S/C15H28N2O/c16-9-4-13-5-10-17(11-13)12-14-3-8-15(18-14)6-1-2-7-15/h13-14H,1-12,16H2. The van der Waals surface area contributed by atoms with Gasteiger partial charge in [-0.1, -0.05) is 12.8 Å². The minimum atomic E-state index is 0.307. The lowest BCUT2D eigenvalue weighted by atomic mass is 9.98. The zero-order valence-corrected chi connectivity index (χ0v) is 11.6. The Labute approximate surface area is 111 Å². The zero-order valence-electron chi connectivity index (χ0n) is 11.6. The van der Waals surface area contributed by atoms with Crippen molar-refractivity contribution >= 4 is 0 Å². The molecule has 2 N–H and O–H groups in total. The summed E-state index contributed by atoms with van der Waals surface area (Å²) in [6.07, 6.45) is 11.1. The van der Waals surface area contributed by atoms with Crippen LogP contribution in [0.25, 0.3) is 0 Å². The molecule has 0 aromatic heterocycles. The summed E-state index contributed by atoms with van der Waals surface area (Å²) in [6.45, 7) is 4.53. The summed E-state index contributed by atoms with van der Waals surface area (Å²) in [6, 6.07) is 0. The lowest BCUT2D eigenvalue weighted by molar-refractivity contribution is -0.0455. The van der Waals surface area contributed by atoms with E-state index >= 15 is 0 Å². The fourth-order valence-corrected chi connectivity index (χ4v) is 4.25. The van der Waals surface area contributed by atoms with Crippen LogP contribution in [0.2, 0.25) is 0 Å². The van der Waals surface area contributed by atoms with E-state index < -0.39 is 0 Å². The van der Waals surface area contributed by atoms with E-state index in [0.29, 0.717) is 11.7 Å². The number of nitrogens with zero attached hydrogens (tertiary/aromatic N) is 1. The fourth-order valence-electron chi connectivity index (χ4n) is 4.25. The Morgan fingerprint density at radius 2 is 2.00 bits per heavy atom. The smallest absolute Gasteiger partial charge is 0.0710 e. The molecular weight excluding hydrogens is 224 g/mol. The van der Waals surface area contributed by atoms with Crippen molar-refractivity contribution in [3.63, 3.8) is 0 Å². The normalized spacial score (nSPS) is 35.8. The molecule has 3 fully saturated rings. The van der Waals surface area contributed by atoms with Crippen molar-refractivity contribution in [2.75, 3.05) is 26.2 Å². The first-order valence-electron chi connectivity index (χ1n) is 7.90. The second kappa shape index (κ2) is 5.48. The molecular formula is C15H28N2O. The summed E-state index contributed by atoms with van der Waals surface area (Å²) in [7, 11) is 0. The number of likely N-dealkylation sites (tertiary alicyclic amines) is 1. The van der Waals surface area contributed by atoms with Gasteiger partial charge in [0.1, 0.15) is 0 Å². The maximum absolute atomic E-state index is 6.40. The van der Waals surface area contributed by atoms with Crippen molar-refractivity contribution in [3.05, 3.63) is 0 Å². The van der Waals surface area contributed by atoms with Crippen LogP contribution in [0.5, 0.6) is 0 Å². The van der Waals surface area contributed by atoms with Gasteiger partial charge >= 0.3 is 0 Å². The van der Waals surface area contributed by atoms with Crippen LogP contribution in [0.3, 0.4) is 0 Å². The summed E-state index contributed by atoms with van der Waals surface area (Å²) in [4.78, 5) is 2.61. The van der Waals surface area contributed by atoms with E-state index in [0.717, 1.165) is 12.5 Å². The van der Waals surface area contributed by atoms with E-state index in [4.69, 9.17) is 10.5 Å². The Hall–Kier alpha value is -0.120. The van der Waals surface area contributed by atoms with Crippen LogP contribution >= 0.6 is 0 Å². The lowest BCUT2D eigenvalue weighted by Crippen LogP contribution is -2.33. The van der Waals surface area contributed by atoms with E-state index in [2.05, 4.69) is 4.90 Å². The van der Waals surface area contributed by atoms with E-state index in [-0.39, 0.29) is 0 Å². The number of ether oxygens (including phenoxy) is 1.